The molecule has 0 bridgehead atoms. The first-order valence-electron chi connectivity index (χ1n) is 4.62. The molecule has 1 amide bonds. The molecule has 74 valence electrons. The maximum absolute atomic E-state index is 11.1. The van der Waals surface area contributed by atoms with Gasteiger partial charge >= 0.3 is 0 Å². The van der Waals surface area contributed by atoms with Gasteiger partial charge in [0.25, 0.3) is 0 Å². The molecule has 1 aromatic heterocycles. The highest BCUT2D eigenvalue weighted by molar-refractivity contribution is 5.75. The predicted molar refractivity (Wildman–Crippen MR) is 51.0 cm³/mol. The van der Waals surface area contributed by atoms with Gasteiger partial charge in [-0.15, -0.1) is 0 Å². The fourth-order valence-corrected chi connectivity index (χ4v) is 1.79. The van der Waals surface area contributed by atoms with Crippen LogP contribution in [0.3, 0.4) is 0 Å². The second-order valence-corrected chi connectivity index (χ2v) is 3.54. The van der Waals surface area contributed by atoms with Crippen molar-refractivity contribution in [1.29, 1.82) is 0 Å². The van der Waals surface area contributed by atoms with Gasteiger partial charge in [0.2, 0.25) is 5.91 Å². The van der Waals surface area contributed by atoms with Gasteiger partial charge in [-0.3, -0.25) is 9.59 Å². The summed E-state index contributed by atoms with van der Waals surface area (Å²) in [6.07, 6.45) is 1.61. The summed E-state index contributed by atoms with van der Waals surface area (Å²) in [4.78, 5) is 26.5. The van der Waals surface area contributed by atoms with Gasteiger partial charge in [0.15, 0.2) is 6.29 Å². The lowest BCUT2D eigenvalue weighted by Crippen LogP contribution is -2.33. The number of aromatic amines is 1. The van der Waals surface area contributed by atoms with Gasteiger partial charge in [-0.1, -0.05) is 0 Å². The summed E-state index contributed by atoms with van der Waals surface area (Å²) in [5, 5.41) is 0. The number of nitrogens with zero attached hydrogens (tertiary/aromatic N) is 1. The quantitative estimate of drug-likeness (QED) is 0.667. The van der Waals surface area contributed by atoms with Crippen molar-refractivity contribution in [2.24, 2.45) is 0 Å². The smallest absolute Gasteiger partial charge is 0.219 e. The Morgan fingerprint density at radius 2 is 2.43 bits per heavy atom. The van der Waals surface area contributed by atoms with Crippen LogP contribution < -0.4 is 0 Å². The maximum Gasteiger partial charge on any atom is 0.219 e. The molecule has 0 unspecified atom stereocenters. The number of aldehydes is 1. The second-order valence-electron chi connectivity index (χ2n) is 3.54. The van der Waals surface area contributed by atoms with E-state index in [2.05, 4.69) is 4.98 Å². The van der Waals surface area contributed by atoms with E-state index < -0.39 is 0 Å². The molecular weight excluding hydrogens is 180 g/mol. The van der Waals surface area contributed by atoms with Gasteiger partial charge in [0.05, 0.1) is 5.69 Å². The summed E-state index contributed by atoms with van der Waals surface area (Å²) in [6.45, 7) is 2.93. The fraction of sp³-hybridized carbons (Fsp3) is 0.400. The number of aromatic nitrogens is 1. The summed E-state index contributed by atoms with van der Waals surface area (Å²) >= 11 is 0. The van der Waals surface area contributed by atoms with Gasteiger partial charge in [-0.2, -0.15) is 0 Å². The Morgan fingerprint density at radius 3 is 3.07 bits per heavy atom. The molecule has 0 saturated heterocycles. The maximum atomic E-state index is 11.1. The lowest BCUT2D eigenvalue weighted by Gasteiger charge is -2.25. The third-order valence-corrected chi connectivity index (χ3v) is 2.58. The van der Waals surface area contributed by atoms with E-state index in [0.717, 1.165) is 30.5 Å². The number of H-pyrrole nitrogens is 1. The number of nitrogens with one attached hydrogen (secondary N) is 1. The zero-order chi connectivity index (χ0) is 10.1. The number of fused-ring (bicyclic) bond motifs is 1. The van der Waals surface area contributed by atoms with E-state index in [9.17, 15) is 9.59 Å². The first kappa shape index (κ1) is 8.99. The van der Waals surface area contributed by atoms with Crippen LogP contribution in [-0.2, 0) is 17.8 Å². The Morgan fingerprint density at radius 1 is 1.64 bits per heavy atom. The average Bonchev–Trinajstić information content (AvgIpc) is 2.58. The van der Waals surface area contributed by atoms with E-state index >= 15 is 0 Å². The predicted octanol–water partition coefficient (Wildman–Crippen LogP) is 0.732. The number of hydrogen-bond donors (Lipinski definition) is 1. The summed E-state index contributed by atoms with van der Waals surface area (Å²) in [5.41, 5.74) is 2.75. The van der Waals surface area contributed by atoms with Crippen LogP contribution in [-0.4, -0.2) is 28.6 Å². The van der Waals surface area contributed by atoms with Crippen LogP contribution in [0.4, 0.5) is 0 Å². The van der Waals surface area contributed by atoms with Crippen LogP contribution in [0.1, 0.15) is 28.7 Å². The van der Waals surface area contributed by atoms with Crippen molar-refractivity contribution in [3.8, 4) is 0 Å². The van der Waals surface area contributed by atoms with Gasteiger partial charge < -0.3 is 9.88 Å². The molecule has 0 radical (unpaired) electrons. The minimum atomic E-state index is 0.0875. The summed E-state index contributed by atoms with van der Waals surface area (Å²) < 4.78 is 0. The first-order valence-corrected chi connectivity index (χ1v) is 4.62. The molecule has 14 heavy (non-hydrogen) atoms. The van der Waals surface area contributed by atoms with Crippen molar-refractivity contribution in [2.45, 2.75) is 19.9 Å². The van der Waals surface area contributed by atoms with Crippen LogP contribution in [0, 0.1) is 0 Å². The highest BCUT2D eigenvalue weighted by Gasteiger charge is 2.19. The Hall–Kier alpha value is -1.58. The topological polar surface area (TPSA) is 53.2 Å². The Kier molecular flexibility index (Phi) is 2.11. The standard InChI is InChI=1S/C10H12N2O2/c1-7(14)12-3-2-10-8(5-12)4-9(6-13)11-10/h4,6,11H,2-3,5H2,1H3. The van der Waals surface area contributed by atoms with E-state index in [0.29, 0.717) is 12.2 Å². The highest BCUT2D eigenvalue weighted by Crippen LogP contribution is 2.18. The van der Waals surface area contributed by atoms with E-state index in [1.165, 1.54) is 0 Å². The molecule has 1 aliphatic heterocycles. The minimum Gasteiger partial charge on any atom is -0.356 e. The molecule has 0 spiro atoms. The number of carbonyl (C=O) groups excluding carboxylic acids is 2. The molecule has 1 aromatic rings. The zero-order valence-corrected chi connectivity index (χ0v) is 8.04. The second kappa shape index (κ2) is 3.29. The Balaban J connectivity index is 2.25. The molecule has 4 heteroatoms. The zero-order valence-electron chi connectivity index (χ0n) is 8.04. The third-order valence-electron chi connectivity index (χ3n) is 2.58. The SMILES string of the molecule is CC(=O)N1CCc2[nH]c(C=O)cc2C1. The van der Waals surface area contributed by atoms with E-state index in [4.69, 9.17) is 0 Å². The average molecular weight is 192 g/mol. The molecule has 1 aliphatic rings. The van der Waals surface area contributed by atoms with Gasteiger partial charge in [-0.05, 0) is 11.6 Å². The Bertz CT molecular complexity index is 381. The summed E-state index contributed by atoms with van der Waals surface area (Å²) in [7, 11) is 0. The van der Waals surface area contributed by atoms with E-state index in [1.54, 1.807) is 11.8 Å². The van der Waals surface area contributed by atoms with Crippen molar-refractivity contribution in [1.82, 2.24) is 9.88 Å². The number of rotatable bonds is 1. The minimum absolute atomic E-state index is 0.0875. The van der Waals surface area contributed by atoms with Crippen molar-refractivity contribution >= 4 is 12.2 Å². The van der Waals surface area contributed by atoms with E-state index in [-0.39, 0.29) is 5.91 Å². The van der Waals surface area contributed by atoms with Crippen LogP contribution in [0.25, 0.3) is 0 Å². The highest BCUT2D eigenvalue weighted by atomic mass is 16.2. The molecule has 0 fully saturated rings. The van der Waals surface area contributed by atoms with Gasteiger partial charge in [0.1, 0.15) is 0 Å². The number of carbonyl (C=O) groups is 2. The molecule has 0 aromatic carbocycles. The Labute approximate surface area is 81.9 Å². The summed E-state index contributed by atoms with van der Waals surface area (Å²) in [5.74, 6) is 0.0875. The van der Waals surface area contributed by atoms with Crippen LogP contribution in [0.5, 0.6) is 0 Å². The van der Waals surface area contributed by atoms with Crippen LogP contribution in [0.15, 0.2) is 6.07 Å². The van der Waals surface area contributed by atoms with Gasteiger partial charge in [-0.25, -0.2) is 0 Å². The van der Waals surface area contributed by atoms with Crippen LogP contribution >= 0.6 is 0 Å². The molecule has 1 N–H and O–H groups in total. The molecular formula is C10H12N2O2. The molecule has 0 atom stereocenters. The van der Waals surface area contributed by atoms with Crippen molar-refractivity contribution in [2.75, 3.05) is 6.54 Å². The fourth-order valence-electron chi connectivity index (χ4n) is 1.79. The van der Waals surface area contributed by atoms with Crippen molar-refractivity contribution < 1.29 is 9.59 Å². The van der Waals surface area contributed by atoms with Crippen molar-refractivity contribution in [3.63, 3.8) is 0 Å². The largest absolute Gasteiger partial charge is 0.356 e. The van der Waals surface area contributed by atoms with E-state index in [1.807, 2.05) is 6.07 Å². The van der Waals surface area contributed by atoms with Crippen molar-refractivity contribution in [3.05, 3.63) is 23.0 Å². The monoisotopic (exact) mass is 192 g/mol. The molecule has 2 heterocycles. The lowest BCUT2D eigenvalue weighted by atomic mass is 10.1. The van der Waals surface area contributed by atoms with Gasteiger partial charge in [0, 0.05) is 32.1 Å². The molecule has 2 rings (SSSR count). The lowest BCUT2D eigenvalue weighted by molar-refractivity contribution is -0.129. The third kappa shape index (κ3) is 1.43. The summed E-state index contributed by atoms with van der Waals surface area (Å²) in [6, 6.07) is 1.82. The molecule has 0 saturated carbocycles. The normalized spacial score (nSPS) is 15.1. The number of amides is 1. The molecule has 4 nitrogen and oxygen atoms in total. The first-order chi connectivity index (χ1) is 6.70. The molecule has 0 aliphatic carbocycles. The van der Waals surface area contributed by atoms with Crippen LogP contribution in [0.2, 0.25) is 0 Å². The number of hydrogen-bond acceptors (Lipinski definition) is 2.